The average Bonchev–Trinajstić information content (AvgIpc) is 2.05. The molecule has 1 N–H and O–H groups in total. The summed E-state index contributed by atoms with van der Waals surface area (Å²) in [7, 11) is 0. The molecule has 12 heavy (non-hydrogen) atoms. The molecular formula is C7H8N2O2S. The molecule has 4 nitrogen and oxygen atoms in total. The third-order valence-corrected chi connectivity index (χ3v) is 2.04. The van der Waals surface area contributed by atoms with Crippen molar-refractivity contribution >= 4 is 17.7 Å². The first-order valence-corrected chi connectivity index (χ1v) is 4.40. The molecule has 1 aromatic heterocycles. The number of aromatic nitrogens is 2. The maximum atomic E-state index is 10.1. The zero-order valence-corrected chi connectivity index (χ0v) is 7.12. The second-order valence-corrected chi connectivity index (χ2v) is 3.17. The molecule has 0 bridgehead atoms. The molecule has 0 aromatic carbocycles. The Bertz CT molecular complexity index is 253. The van der Waals surface area contributed by atoms with Crippen molar-refractivity contribution < 1.29 is 9.90 Å². The van der Waals surface area contributed by atoms with Gasteiger partial charge in [0, 0.05) is 11.9 Å². The molecular weight excluding hydrogens is 176 g/mol. The minimum Gasteiger partial charge on any atom is -0.481 e. The number of rotatable bonds is 4. The molecule has 1 rings (SSSR count). The van der Waals surface area contributed by atoms with Crippen molar-refractivity contribution in [3.8, 4) is 0 Å². The van der Waals surface area contributed by atoms with Crippen molar-refractivity contribution in [2.24, 2.45) is 0 Å². The Morgan fingerprint density at radius 2 is 2.50 bits per heavy atom. The van der Waals surface area contributed by atoms with Crippen molar-refractivity contribution in [1.29, 1.82) is 0 Å². The van der Waals surface area contributed by atoms with Gasteiger partial charge in [0.1, 0.15) is 5.03 Å². The van der Waals surface area contributed by atoms with Gasteiger partial charge in [-0.1, -0.05) is 0 Å². The van der Waals surface area contributed by atoms with Gasteiger partial charge in [-0.05, 0) is 12.1 Å². The molecule has 0 aliphatic heterocycles. The fourth-order valence-corrected chi connectivity index (χ4v) is 1.37. The molecule has 0 fully saturated rings. The minimum absolute atomic E-state index is 0.154. The summed E-state index contributed by atoms with van der Waals surface area (Å²) < 4.78 is 0. The summed E-state index contributed by atoms with van der Waals surface area (Å²) in [6.45, 7) is 0. The van der Waals surface area contributed by atoms with Crippen LogP contribution in [0.5, 0.6) is 0 Å². The van der Waals surface area contributed by atoms with Crippen molar-refractivity contribution in [2.45, 2.75) is 11.4 Å². The molecule has 1 heterocycles. The molecule has 0 radical (unpaired) electrons. The van der Waals surface area contributed by atoms with Gasteiger partial charge in [0.2, 0.25) is 0 Å². The predicted molar refractivity (Wildman–Crippen MR) is 45.0 cm³/mol. The molecule has 0 saturated carbocycles. The van der Waals surface area contributed by atoms with Crippen molar-refractivity contribution in [2.75, 3.05) is 5.75 Å². The summed E-state index contributed by atoms with van der Waals surface area (Å²) in [4.78, 5) is 10.1. The van der Waals surface area contributed by atoms with Crippen LogP contribution in [0, 0.1) is 0 Å². The summed E-state index contributed by atoms with van der Waals surface area (Å²) >= 11 is 1.39. The molecule has 0 spiro atoms. The van der Waals surface area contributed by atoms with Crippen molar-refractivity contribution in [3.05, 3.63) is 18.3 Å². The standard InChI is InChI=1S/C7H8N2O2S/c10-7(11)3-5-12-6-2-1-4-8-9-6/h1-2,4H,3,5H2,(H,10,11). The van der Waals surface area contributed by atoms with E-state index in [4.69, 9.17) is 5.11 Å². The van der Waals surface area contributed by atoms with Crippen LogP contribution >= 0.6 is 11.8 Å². The normalized spacial score (nSPS) is 9.67. The highest BCUT2D eigenvalue weighted by Gasteiger charge is 1.98. The van der Waals surface area contributed by atoms with E-state index in [1.165, 1.54) is 11.8 Å². The van der Waals surface area contributed by atoms with E-state index in [0.717, 1.165) is 5.03 Å². The zero-order chi connectivity index (χ0) is 8.81. The van der Waals surface area contributed by atoms with Gasteiger partial charge in [0.05, 0.1) is 6.42 Å². The van der Waals surface area contributed by atoms with Crippen LogP contribution in [0.25, 0.3) is 0 Å². The van der Waals surface area contributed by atoms with E-state index >= 15 is 0 Å². The average molecular weight is 184 g/mol. The highest BCUT2D eigenvalue weighted by atomic mass is 32.2. The Hall–Kier alpha value is -1.10. The number of hydrogen-bond acceptors (Lipinski definition) is 4. The van der Waals surface area contributed by atoms with E-state index < -0.39 is 5.97 Å². The fraction of sp³-hybridized carbons (Fsp3) is 0.286. The first-order chi connectivity index (χ1) is 5.79. The molecule has 0 aliphatic rings. The van der Waals surface area contributed by atoms with E-state index in [2.05, 4.69) is 10.2 Å². The fourth-order valence-electron chi connectivity index (χ4n) is 0.607. The van der Waals surface area contributed by atoms with Crippen LogP contribution in [-0.4, -0.2) is 27.0 Å². The van der Waals surface area contributed by atoms with Gasteiger partial charge >= 0.3 is 5.97 Å². The number of aliphatic carboxylic acids is 1. The lowest BCUT2D eigenvalue weighted by Crippen LogP contribution is -1.96. The molecule has 5 heteroatoms. The van der Waals surface area contributed by atoms with Gasteiger partial charge in [0.15, 0.2) is 0 Å². The van der Waals surface area contributed by atoms with E-state index in [1.54, 1.807) is 18.3 Å². The maximum Gasteiger partial charge on any atom is 0.304 e. The molecule has 64 valence electrons. The quantitative estimate of drug-likeness (QED) is 0.708. The first kappa shape index (κ1) is 8.99. The Kier molecular flexibility index (Phi) is 3.53. The van der Waals surface area contributed by atoms with E-state index in [-0.39, 0.29) is 6.42 Å². The van der Waals surface area contributed by atoms with Gasteiger partial charge in [-0.3, -0.25) is 4.79 Å². The summed E-state index contributed by atoms with van der Waals surface area (Å²) in [6, 6.07) is 3.58. The van der Waals surface area contributed by atoms with Crippen LogP contribution < -0.4 is 0 Å². The second-order valence-electron chi connectivity index (χ2n) is 2.05. The monoisotopic (exact) mass is 184 g/mol. The summed E-state index contributed by atoms with van der Waals surface area (Å²) in [6.07, 6.45) is 1.74. The third kappa shape index (κ3) is 3.34. The van der Waals surface area contributed by atoms with E-state index in [0.29, 0.717) is 5.75 Å². The lowest BCUT2D eigenvalue weighted by atomic mass is 10.5. The largest absolute Gasteiger partial charge is 0.481 e. The molecule has 0 aliphatic carbocycles. The van der Waals surface area contributed by atoms with Gasteiger partial charge < -0.3 is 5.11 Å². The van der Waals surface area contributed by atoms with Crippen LogP contribution in [0.15, 0.2) is 23.4 Å². The second kappa shape index (κ2) is 4.71. The Labute approximate surface area is 74.0 Å². The first-order valence-electron chi connectivity index (χ1n) is 3.41. The smallest absolute Gasteiger partial charge is 0.304 e. The van der Waals surface area contributed by atoms with E-state index in [1.807, 2.05) is 0 Å². The maximum absolute atomic E-state index is 10.1. The van der Waals surface area contributed by atoms with Gasteiger partial charge in [-0.15, -0.1) is 16.9 Å². The SMILES string of the molecule is O=C(O)CCSc1cccnn1. The van der Waals surface area contributed by atoms with Crippen molar-refractivity contribution in [1.82, 2.24) is 10.2 Å². The zero-order valence-electron chi connectivity index (χ0n) is 6.30. The highest BCUT2D eigenvalue weighted by Crippen LogP contribution is 2.13. The van der Waals surface area contributed by atoms with Gasteiger partial charge in [-0.25, -0.2) is 0 Å². The lowest BCUT2D eigenvalue weighted by molar-refractivity contribution is -0.136. The van der Waals surface area contributed by atoms with Crippen LogP contribution in [-0.2, 0) is 4.79 Å². The van der Waals surface area contributed by atoms with Crippen LogP contribution in [0.2, 0.25) is 0 Å². The molecule has 0 unspecified atom stereocenters. The third-order valence-electron chi connectivity index (χ3n) is 1.11. The highest BCUT2D eigenvalue weighted by molar-refractivity contribution is 7.99. The molecule has 1 aromatic rings. The van der Waals surface area contributed by atoms with Crippen LogP contribution in [0.1, 0.15) is 6.42 Å². The molecule has 0 amide bonds. The Morgan fingerprint density at radius 3 is 3.08 bits per heavy atom. The van der Waals surface area contributed by atoms with Crippen LogP contribution in [0.3, 0.4) is 0 Å². The minimum atomic E-state index is -0.786. The Balaban J connectivity index is 2.29. The number of carboxylic acid groups (broad SMARTS) is 1. The molecule has 0 saturated heterocycles. The number of carbonyl (C=O) groups is 1. The molecule has 0 atom stereocenters. The topological polar surface area (TPSA) is 63.1 Å². The Morgan fingerprint density at radius 1 is 1.67 bits per heavy atom. The van der Waals surface area contributed by atoms with E-state index in [9.17, 15) is 4.79 Å². The van der Waals surface area contributed by atoms with Crippen LogP contribution in [0.4, 0.5) is 0 Å². The predicted octanol–water partition coefficient (Wildman–Crippen LogP) is 1.04. The summed E-state index contributed by atoms with van der Waals surface area (Å²) in [5, 5.41) is 16.6. The van der Waals surface area contributed by atoms with Crippen molar-refractivity contribution in [3.63, 3.8) is 0 Å². The number of hydrogen-bond donors (Lipinski definition) is 1. The lowest BCUT2D eigenvalue weighted by Gasteiger charge is -1.95. The van der Waals surface area contributed by atoms with Gasteiger partial charge in [-0.2, -0.15) is 5.10 Å². The summed E-state index contributed by atoms with van der Waals surface area (Å²) in [5.41, 5.74) is 0. The van der Waals surface area contributed by atoms with Gasteiger partial charge in [0.25, 0.3) is 0 Å². The summed E-state index contributed by atoms with van der Waals surface area (Å²) in [5.74, 6) is -0.250. The number of carboxylic acids is 1. The number of thioether (sulfide) groups is 1. The number of nitrogens with zero attached hydrogens (tertiary/aromatic N) is 2.